The molecule has 0 unspecified atom stereocenters. The normalized spacial score (nSPS) is 11.8. The molecule has 3 nitrogen and oxygen atoms in total. The van der Waals surface area contributed by atoms with E-state index in [2.05, 4.69) is 72.5 Å². The molecule has 22 heavy (non-hydrogen) atoms. The van der Waals surface area contributed by atoms with Gasteiger partial charge in [-0.2, -0.15) is 0 Å². The zero-order valence-corrected chi connectivity index (χ0v) is 13.2. The van der Waals surface area contributed by atoms with Crippen molar-refractivity contribution in [3.63, 3.8) is 0 Å². The predicted molar refractivity (Wildman–Crippen MR) is 87.7 cm³/mol. The Morgan fingerprint density at radius 1 is 0.864 bits per heavy atom. The minimum atomic E-state index is -0.496. The number of hydrogen-bond acceptors (Lipinski definition) is 3. The van der Waals surface area contributed by atoms with Gasteiger partial charge in [-0.15, -0.1) is 0 Å². The molecule has 2 aromatic carbocycles. The third-order valence-electron chi connectivity index (χ3n) is 4.03. The van der Waals surface area contributed by atoms with Crippen molar-refractivity contribution in [2.45, 2.75) is 12.5 Å². The number of aromatic nitrogens is 1. The number of oxazole rings is 1. The second-order valence-electron chi connectivity index (χ2n) is 5.58. The van der Waals surface area contributed by atoms with Gasteiger partial charge in [-0.05, 0) is 25.2 Å². The number of nitrogens with zero attached hydrogens (tertiary/aromatic N) is 2. The second kappa shape index (κ2) is 5.78. The Labute approximate surface area is 131 Å². The lowest BCUT2D eigenvalue weighted by molar-refractivity contribution is 0.207. The van der Waals surface area contributed by atoms with Crippen molar-refractivity contribution in [1.29, 1.82) is 0 Å². The van der Waals surface area contributed by atoms with Crippen LogP contribution in [-0.4, -0.2) is 24.0 Å². The summed E-state index contributed by atoms with van der Waals surface area (Å²) in [5.74, 6) is 1.50. The van der Waals surface area contributed by atoms with Crippen molar-refractivity contribution in [2.75, 3.05) is 14.1 Å². The van der Waals surface area contributed by atoms with E-state index >= 15 is 0 Å². The third-order valence-corrected chi connectivity index (χ3v) is 4.03. The average Bonchev–Trinajstić information content (AvgIpc) is 2.97. The van der Waals surface area contributed by atoms with Gasteiger partial charge in [0.1, 0.15) is 5.54 Å². The van der Waals surface area contributed by atoms with Crippen LogP contribution in [-0.2, 0) is 5.54 Å². The molecule has 0 aliphatic rings. The number of aryl methyl sites for hydroxylation is 1. The molecule has 0 amide bonds. The molecule has 0 spiro atoms. The minimum Gasteiger partial charge on any atom is -0.443 e. The topological polar surface area (TPSA) is 29.3 Å². The Morgan fingerprint density at radius 3 is 1.73 bits per heavy atom. The van der Waals surface area contributed by atoms with Gasteiger partial charge in [0.25, 0.3) is 0 Å². The Balaban J connectivity index is 2.34. The fourth-order valence-corrected chi connectivity index (χ4v) is 3.08. The van der Waals surface area contributed by atoms with E-state index in [1.54, 1.807) is 0 Å². The molecule has 0 aliphatic carbocycles. The maximum Gasteiger partial charge on any atom is 0.191 e. The van der Waals surface area contributed by atoms with Crippen LogP contribution in [0.25, 0.3) is 0 Å². The molecule has 0 aliphatic heterocycles. The lowest BCUT2D eigenvalue weighted by Gasteiger charge is -2.39. The van der Waals surface area contributed by atoms with Gasteiger partial charge in [-0.25, -0.2) is 4.98 Å². The second-order valence-corrected chi connectivity index (χ2v) is 5.58. The first kappa shape index (κ1) is 14.5. The van der Waals surface area contributed by atoms with Gasteiger partial charge in [0.05, 0.1) is 6.20 Å². The molecular weight excluding hydrogens is 272 g/mol. The molecule has 0 saturated heterocycles. The molecule has 3 rings (SSSR count). The maximum atomic E-state index is 5.97. The van der Waals surface area contributed by atoms with E-state index in [1.165, 1.54) is 0 Å². The molecule has 0 saturated carbocycles. The molecule has 0 N–H and O–H groups in total. The van der Waals surface area contributed by atoms with Crippen LogP contribution in [0.2, 0.25) is 0 Å². The molecule has 0 fully saturated rings. The van der Waals surface area contributed by atoms with Gasteiger partial charge in [-0.3, -0.25) is 4.90 Å². The van der Waals surface area contributed by atoms with Crippen molar-refractivity contribution < 1.29 is 4.42 Å². The van der Waals surface area contributed by atoms with Crippen LogP contribution in [0, 0.1) is 6.92 Å². The summed E-state index contributed by atoms with van der Waals surface area (Å²) in [4.78, 5) is 6.50. The zero-order chi connectivity index (χ0) is 15.6. The molecular formula is C19H20N2O. The van der Waals surface area contributed by atoms with Crippen LogP contribution in [0.1, 0.15) is 22.8 Å². The summed E-state index contributed by atoms with van der Waals surface area (Å²) in [6.07, 6.45) is 1.83. The average molecular weight is 292 g/mol. The van der Waals surface area contributed by atoms with Gasteiger partial charge in [0, 0.05) is 6.92 Å². The Morgan fingerprint density at radius 2 is 1.36 bits per heavy atom. The summed E-state index contributed by atoms with van der Waals surface area (Å²) in [6, 6.07) is 20.8. The Kier molecular flexibility index (Phi) is 3.82. The standard InChI is InChI=1S/C19H20N2O/c1-15-20-14-18(22-15)19(21(2)3,16-10-6-4-7-11-16)17-12-8-5-9-13-17/h4-14H,1-3H3. The van der Waals surface area contributed by atoms with Crippen LogP contribution in [0.15, 0.2) is 71.3 Å². The van der Waals surface area contributed by atoms with Gasteiger partial charge < -0.3 is 4.42 Å². The molecule has 0 atom stereocenters. The fraction of sp³-hybridized carbons (Fsp3) is 0.211. The quantitative estimate of drug-likeness (QED) is 0.731. The van der Waals surface area contributed by atoms with Gasteiger partial charge >= 0.3 is 0 Å². The lowest BCUT2D eigenvalue weighted by atomic mass is 9.80. The van der Waals surface area contributed by atoms with E-state index in [0.717, 1.165) is 16.9 Å². The largest absolute Gasteiger partial charge is 0.443 e. The molecule has 0 radical (unpaired) electrons. The molecule has 1 heterocycles. The predicted octanol–water partition coefficient (Wildman–Crippen LogP) is 3.84. The summed E-state index contributed by atoms with van der Waals surface area (Å²) in [7, 11) is 4.13. The van der Waals surface area contributed by atoms with E-state index in [1.807, 2.05) is 25.3 Å². The van der Waals surface area contributed by atoms with Gasteiger partial charge in [0.15, 0.2) is 11.7 Å². The van der Waals surface area contributed by atoms with Crippen LogP contribution in [0.4, 0.5) is 0 Å². The van der Waals surface area contributed by atoms with E-state index in [4.69, 9.17) is 4.42 Å². The lowest BCUT2D eigenvalue weighted by Crippen LogP contribution is -2.43. The highest BCUT2D eigenvalue weighted by atomic mass is 16.4. The van der Waals surface area contributed by atoms with Crippen molar-refractivity contribution in [1.82, 2.24) is 9.88 Å². The molecule has 1 aromatic heterocycles. The molecule has 0 bridgehead atoms. The molecule has 3 aromatic rings. The highest BCUT2D eigenvalue weighted by Crippen LogP contribution is 2.40. The van der Waals surface area contributed by atoms with Crippen molar-refractivity contribution >= 4 is 0 Å². The zero-order valence-electron chi connectivity index (χ0n) is 13.2. The highest BCUT2D eigenvalue weighted by Gasteiger charge is 2.41. The molecule has 112 valence electrons. The van der Waals surface area contributed by atoms with Crippen molar-refractivity contribution in [3.05, 3.63) is 89.6 Å². The summed E-state index contributed by atoms with van der Waals surface area (Å²) in [5, 5.41) is 0. The summed E-state index contributed by atoms with van der Waals surface area (Å²) in [5.41, 5.74) is 1.81. The molecule has 3 heteroatoms. The van der Waals surface area contributed by atoms with Gasteiger partial charge in [0.2, 0.25) is 0 Å². The maximum absolute atomic E-state index is 5.97. The summed E-state index contributed by atoms with van der Waals surface area (Å²) < 4.78 is 5.97. The third kappa shape index (κ3) is 2.24. The minimum absolute atomic E-state index is 0.496. The van der Waals surface area contributed by atoms with Crippen LogP contribution in [0.5, 0.6) is 0 Å². The first-order valence-corrected chi connectivity index (χ1v) is 7.37. The summed E-state index contributed by atoms with van der Waals surface area (Å²) in [6.45, 7) is 1.87. The van der Waals surface area contributed by atoms with Crippen molar-refractivity contribution in [3.8, 4) is 0 Å². The Hall–Kier alpha value is -2.39. The van der Waals surface area contributed by atoms with Crippen molar-refractivity contribution in [2.24, 2.45) is 0 Å². The summed E-state index contributed by atoms with van der Waals surface area (Å²) >= 11 is 0. The smallest absolute Gasteiger partial charge is 0.191 e. The van der Waals surface area contributed by atoms with E-state index in [9.17, 15) is 0 Å². The number of rotatable bonds is 4. The van der Waals surface area contributed by atoms with Crippen LogP contribution >= 0.6 is 0 Å². The fourth-order valence-electron chi connectivity index (χ4n) is 3.08. The number of benzene rings is 2. The first-order chi connectivity index (χ1) is 10.7. The van der Waals surface area contributed by atoms with E-state index in [0.29, 0.717) is 5.89 Å². The van der Waals surface area contributed by atoms with E-state index in [-0.39, 0.29) is 0 Å². The van der Waals surface area contributed by atoms with Gasteiger partial charge in [-0.1, -0.05) is 60.7 Å². The highest BCUT2D eigenvalue weighted by molar-refractivity contribution is 5.45. The monoisotopic (exact) mass is 292 g/mol. The van der Waals surface area contributed by atoms with E-state index < -0.39 is 5.54 Å². The first-order valence-electron chi connectivity index (χ1n) is 7.37. The number of hydrogen-bond donors (Lipinski definition) is 0. The Bertz CT molecular complexity index is 693. The van der Waals surface area contributed by atoms with Crippen LogP contribution < -0.4 is 0 Å². The van der Waals surface area contributed by atoms with Crippen LogP contribution in [0.3, 0.4) is 0 Å². The SMILES string of the molecule is Cc1ncc(C(c2ccccc2)(c2ccccc2)N(C)C)o1.